The Bertz CT molecular complexity index is 1390. The van der Waals surface area contributed by atoms with Gasteiger partial charge in [0, 0.05) is 31.0 Å². The maximum Gasteiger partial charge on any atom is 0.300 e. The summed E-state index contributed by atoms with van der Waals surface area (Å²) in [6.07, 6.45) is 0. The van der Waals surface area contributed by atoms with Gasteiger partial charge < -0.3 is 14.7 Å². The molecular formula is C33H38N2O4. The fraction of sp³-hybridized carbons (Fsp3) is 0.333. The lowest BCUT2D eigenvalue weighted by Crippen LogP contribution is -2.29. The van der Waals surface area contributed by atoms with E-state index in [1.165, 1.54) is 4.90 Å². The van der Waals surface area contributed by atoms with Crippen molar-refractivity contribution < 1.29 is 19.4 Å². The molecule has 4 rings (SSSR count). The van der Waals surface area contributed by atoms with Gasteiger partial charge in [0.1, 0.15) is 11.5 Å². The number of aliphatic hydroxyl groups is 1. The Labute approximate surface area is 231 Å². The Morgan fingerprint density at radius 2 is 1.56 bits per heavy atom. The normalized spacial score (nSPS) is 16.8. The zero-order valence-corrected chi connectivity index (χ0v) is 23.9. The van der Waals surface area contributed by atoms with Gasteiger partial charge >= 0.3 is 0 Å². The number of rotatable bonds is 8. The monoisotopic (exact) mass is 526 g/mol. The third-order valence-corrected chi connectivity index (χ3v) is 7.21. The van der Waals surface area contributed by atoms with Gasteiger partial charge in [-0.25, -0.2) is 0 Å². The van der Waals surface area contributed by atoms with E-state index in [2.05, 4.69) is 13.8 Å². The van der Waals surface area contributed by atoms with Crippen LogP contribution in [0.25, 0.3) is 5.76 Å². The van der Waals surface area contributed by atoms with Crippen LogP contribution in [0.3, 0.4) is 0 Å². The second-order valence-corrected chi connectivity index (χ2v) is 10.7. The van der Waals surface area contributed by atoms with E-state index >= 15 is 0 Å². The second kappa shape index (κ2) is 11.4. The largest absolute Gasteiger partial charge is 0.507 e. The van der Waals surface area contributed by atoms with Crippen molar-refractivity contribution in [3.63, 3.8) is 0 Å². The van der Waals surface area contributed by atoms with Gasteiger partial charge in [-0.2, -0.15) is 0 Å². The highest BCUT2D eigenvalue weighted by atomic mass is 16.5. The number of benzene rings is 3. The van der Waals surface area contributed by atoms with Gasteiger partial charge in [0.15, 0.2) is 0 Å². The molecule has 1 N–H and O–H groups in total. The van der Waals surface area contributed by atoms with Gasteiger partial charge in [0.25, 0.3) is 11.7 Å². The average Bonchev–Trinajstić information content (AvgIpc) is 3.18. The Morgan fingerprint density at radius 1 is 0.923 bits per heavy atom. The van der Waals surface area contributed by atoms with Crippen LogP contribution in [-0.4, -0.2) is 37.5 Å². The number of nitrogens with zero attached hydrogens (tertiary/aromatic N) is 2. The standard InChI is InChI=1S/C33H38N2O4/c1-8-39-28-18-13-24(19-27(28)21(4)5)31(36)29-30(23-11-9-22(10-12-23)20(2)3)35(33(38)32(29)37)26-16-14-25(15-17-26)34(6)7/h9-21,30,36H,8H2,1-7H3/b31-29-. The molecule has 1 heterocycles. The summed E-state index contributed by atoms with van der Waals surface area (Å²) in [5.74, 6) is -0.349. The van der Waals surface area contributed by atoms with Crippen molar-refractivity contribution in [3.8, 4) is 5.75 Å². The van der Waals surface area contributed by atoms with Crippen LogP contribution in [-0.2, 0) is 9.59 Å². The number of amides is 1. The highest BCUT2D eigenvalue weighted by Gasteiger charge is 2.47. The maximum atomic E-state index is 13.6. The number of hydrogen-bond donors (Lipinski definition) is 1. The van der Waals surface area contributed by atoms with Crippen LogP contribution in [0.15, 0.2) is 72.3 Å². The molecular weight excluding hydrogens is 488 g/mol. The maximum absolute atomic E-state index is 13.6. The van der Waals surface area contributed by atoms with Crippen molar-refractivity contribution in [2.24, 2.45) is 0 Å². The van der Waals surface area contributed by atoms with E-state index in [-0.39, 0.29) is 17.3 Å². The topological polar surface area (TPSA) is 70.1 Å². The van der Waals surface area contributed by atoms with Crippen LogP contribution in [0.5, 0.6) is 5.75 Å². The molecule has 6 nitrogen and oxygen atoms in total. The number of carbonyl (C=O) groups is 2. The number of Topliss-reactive ketones (excluding diaryl/α,β-unsaturated/α-hetero) is 1. The molecule has 1 unspecified atom stereocenters. The molecule has 0 spiro atoms. The zero-order valence-electron chi connectivity index (χ0n) is 23.9. The molecule has 1 atom stereocenters. The zero-order chi connectivity index (χ0) is 28.4. The fourth-order valence-corrected chi connectivity index (χ4v) is 4.98. The summed E-state index contributed by atoms with van der Waals surface area (Å²) in [5, 5.41) is 11.6. The molecule has 1 aliphatic heterocycles. The first-order chi connectivity index (χ1) is 18.5. The summed E-state index contributed by atoms with van der Waals surface area (Å²) in [4.78, 5) is 30.6. The van der Waals surface area contributed by atoms with Crippen LogP contribution >= 0.6 is 0 Å². The number of anilines is 2. The first-order valence-corrected chi connectivity index (χ1v) is 13.5. The molecule has 0 bridgehead atoms. The third-order valence-electron chi connectivity index (χ3n) is 7.21. The highest BCUT2D eigenvalue weighted by Crippen LogP contribution is 2.43. The number of ether oxygens (including phenoxy) is 1. The minimum atomic E-state index is -0.773. The third kappa shape index (κ3) is 5.42. The van der Waals surface area contributed by atoms with Crippen LogP contribution in [0.2, 0.25) is 0 Å². The van der Waals surface area contributed by atoms with Crippen LogP contribution in [0.4, 0.5) is 11.4 Å². The van der Waals surface area contributed by atoms with Crippen molar-refractivity contribution in [1.29, 1.82) is 0 Å². The predicted molar refractivity (Wildman–Crippen MR) is 158 cm³/mol. The molecule has 0 aromatic heterocycles. The number of aliphatic hydroxyl groups excluding tert-OH is 1. The molecule has 0 radical (unpaired) electrons. The van der Waals surface area contributed by atoms with Gasteiger partial charge in [-0.05, 0) is 77.9 Å². The number of ketones is 1. The lowest BCUT2D eigenvalue weighted by molar-refractivity contribution is -0.132. The molecule has 1 aliphatic rings. The van der Waals surface area contributed by atoms with E-state index < -0.39 is 17.7 Å². The second-order valence-electron chi connectivity index (χ2n) is 10.7. The Kier molecular flexibility index (Phi) is 8.14. The van der Waals surface area contributed by atoms with E-state index in [9.17, 15) is 14.7 Å². The molecule has 0 aliphatic carbocycles. The first kappa shape index (κ1) is 28.0. The van der Waals surface area contributed by atoms with E-state index in [4.69, 9.17) is 4.74 Å². The summed E-state index contributed by atoms with van der Waals surface area (Å²) in [7, 11) is 3.89. The fourth-order valence-electron chi connectivity index (χ4n) is 4.98. The molecule has 3 aromatic carbocycles. The van der Waals surface area contributed by atoms with E-state index in [1.807, 2.05) is 100 Å². The smallest absolute Gasteiger partial charge is 0.300 e. The summed E-state index contributed by atoms with van der Waals surface area (Å²) in [6, 6.07) is 20.1. The minimum absolute atomic E-state index is 0.0767. The number of hydrogen-bond acceptors (Lipinski definition) is 5. The molecule has 3 aromatic rings. The summed E-state index contributed by atoms with van der Waals surface area (Å²) in [5.41, 5.74) is 4.95. The predicted octanol–water partition coefficient (Wildman–Crippen LogP) is 7.02. The lowest BCUT2D eigenvalue weighted by atomic mass is 9.92. The molecule has 6 heteroatoms. The molecule has 39 heavy (non-hydrogen) atoms. The van der Waals surface area contributed by atoms with Crippen molar-refractivity contribution in [1.82, 2.24) is 0 Å². The van der Waals surface area contributed by atoms with Gasteiger partial charge in [-0.1, -0.05) is 52.0 Å². The summed E-state index contributed by atoms with van der Waals surface area (Å²) >= 11 is 0. The first-order valence-electron chi connectivity index (χ1n) is 13.5. The van der Waals surface area contributed by atoms with Gasteiger partial charge in [-0.15, -0.1) is 0 Å². The molecule has 204 valence electrons. The van der Waals surface area contributed by atoms with Crippen LogP contribution in [0.1, 0.15) is 74.8 Å². The highest BCUT2D eigenvalue weighted by molar-refractivity contribution is 6.51. The van der Waals surface area contributed by atoms with E-state index in [0.29, 0.717) is 23.8 Å². The Balaban J connectivity index is 1.91. The van der Waals surface area contributed by atoms with Gasteiger partial charge in [-0.3, -0.25) is 14.5 Å². The van der Waals surface area contributed by atoms with E-state index in [0.717, 1.165) is 28.1 Å². The van der Waals surface area contributed by atoms with Crippen LogP contribution in [0, 0.1) is 0 Å². The van der Waals surface area contributed by atoms with E-state index in [1.54, 1.807) is 6.07 Å². The van der Waals surface area contributed by atoms with Crippen molar-refractivity contribution in [3.05, 3.63) is 94.6 Å². The van der Waals surface area contributed by atoms with Crippen molar-refractivity contribution in [2.45, 2.75) is 52.5 Å². The minimum Gasteiger partial charge on any atom is -0.507 e. The molecule has 1 fully saturated rings. The van der Waals surface area contributed by atoms with Gasteiger partial charge in [0.05, 0.1) is 18.2 Å². The quantitative estimate of drug-likeness (QED) is 0.194. The van der Waals surface area contributed by atoms with Crippen LogP contribution < -0.4 is 14.5 Å². The molecule has 1 amide bonds. The summed E-state index contributed by atoms with van der Waals surface area (Å²) < 4.78 is 5.79. The lowest BCUT2D eigenvalue weighted by Gasteiger charge is -2.26. The average molecular weight is 527 g/mol. The summed E-state index contributed by atoms with van der Waals surface area (Å²) in [6.45, 7) is 10.8. The Hall–Kier alpha value is -4.06. The van der Waals surface area contributed by atoms with Crippen molar-refractivity contribution in [2.75, 3.05) is 30.5 Å². The SMILES string of the molecule is CCOc1ccc(/C(O)=C2/C(=O)C(=O)N(c3ccc(N(C)C)cc3)C2c2ccc(C(C)C)cc2)cc1C(C)C. The molecule has 0 saturated carbocycles. The van der Waals surface area contributed by atoms with Crippen molar-refractivity contribution >= 4 is 28.8 Å². The number of carbonyl (C=O) groups excluding carboxylic acids is 2. The Morgan fingerprint density at radius 3 is 2.10 bits per heavy atom. The molecule has 1 saturated heterocycles. The van der Waals surface area contributed by atoms with Gasteiger partial charge in [0.2, 0.25) is 0 Å².